The van der Waals surface area contributed by atoms with E-state index in [1.165, 1.54) is 24.4 Å². The maximum absolute atomic E-state index is 12.7. The quantitative estimate of drug-likeness (QED) is 0.442. The molecule has 0 radical (unpaired) electrons. The molecule has 2 rings (SSSR count). The summed E-state index contributed by atoms with van der Waals surface area (Å²) in [4.78, 5) is 16.1. The van der Waals surface area contributed by atoms with E-state index >= 15 is 0 Å². The van der Waals surface area contributed by atoms with E-state index in [9.17, 15) is 18.0 Å². The van der Waals surface area contributed by atoms with Gasteiger partial charge in [-0.05, 0) is 29.8 Å². The van der Waals surface area contributed by atoms with Crippen molar-refractivity contribution in [3.63, 3.8) is 0 Å². The zero-order chi connectivity index (χ0) is 20.0. The van der Waals surface area contributed by atoms with Crippen molar-refractivity contribution in [1.29, 1.82) is 0 Å². The number of allylic oxidation sites excluding steroid dienone is 1. The largest absolute Gasteiger partial charge is 0.416 e. The molecule has 0 aromatic heterocycles. The lowest BCUT2D eigenvalue weighted by Crippen LogP contribution is -2.23. The minimum absolute atomic E-state index is 0.130. The molecule has 0 aliphatic rings. The number of hydrogen-bond donors (Lipinski definition) is 2. The van der Waals surface area contributed by atoms with Gasteiger partial charge in [-0.15, -0.1) is 0 Å². The molecule has 0 atom stereocenters. The second-order valence-electron chi connectivity index (χ2n) is 5.33. The third-order valence-electron chi connectivity index (χ3n) is 3.52. The number of nitrogens with zero attached hydrogens (tertiary/aromatic N) is 1. The van der Waals surface area contributed by atoms with Crippen LogP contribution in [0.1, 0.15) is 21.5 Å². The van der Waals surface area contributed by atoms with Gasteiger partial charge in [-0.2, -0.15) is 13.2 Å². The van der Waals surface area contributed by atoms with E-state index in [-0.39, 0.29) is 16.3 Å². The third kappa shape index (κ3) is 5.21. The number of carbonyl (C=O) groups excluding carboxylic acids is 1. The molecule has 2 aromatic carbocycles. The molecule has 0 bridgehead atoms. The van der Waals surface area contributed by atoms with Crippen molar-refractivity contribution in [2.75, 3.05) is 0 Å². The molecule has 0 heterocycles. The first kappa shape index (κ1) is 20.3. The Morgan fingerprint density at radius 3 is 2.33 bits per heavy atom. The molecule has 0 saturated carbocycles. The summed E-state index contributed by atoms with van der Waals surface area (Å²) < 4.78 is 38.2. The van der Waals surface area contributed by atoms with Crippen LogP contribution in [-0.4, -0.2) is 12.2 Å². The molecule has 0 aliphatic heterocycles. The highest BCUT2D eigenvalue weighted by Gasteiger charge is 2.30. The molecule has 0 unspecified atom stereocenters. The predicted molar refractivity (Wildman–Crippen MR) is 100 cm³/mol. The zero-order valence-electron chi connectivity index (χ0n) is 13.9. The number of nitrogens with two attached hydrogens (primary N) is 1. The number of amides is 1. The molecule has 2 aromatic rings. The Balaban J connectivity index is 2.30. The molecule has 0 spiro atoms. The third-order valence-corrected chi connectivity index (χ3v) is 3.85. The predicted octanol–water partition coefficient (Wildman–Crippen LogP) is 4.63. The van der Waals surface area contributed by atoms with Gasteiger partial charge in [0.2, 0.25) is 0 Å². The Labute approximate surface area is 158 Å². The van der Waals surface area contributed by atoms with Crippen molar-refractivity contribution in [1.82, 2.24) is 5.32 Å². The van der Waals surface area contributed by atoms with Gasteiger partial charge < -0.3 is 11.1 Å². The van der Waals surface area contributed by atoms with Crippen molar-refractivity contribution in [3.05, 3.63) is 88.7 Å². The first-order valence-corrected chi connectivity index (χ1v) is 7.98. The fourth-order valence-electron chi connectivity index (χ4n) is 2.20. The molecule has 27 heavy (non-hydrogen) atoms. The van der Waals surface area contributed by atoms with Crippen LogP contribution in [0.15, 0.2) is 72.0 Å². The fraction of sp³-hybridized carbons (Fsp3) is 0.0526. The molecule has 0 aliphatic carbocycles. The van der Waals surface area contributed by atoms with Crippen LogP contribution in [0.5, 0.6) is 0 Å². The first-order valence-electron chi connectivity index (χ1n) is 7.60. The maximum Gasteiger partial charge on any atom is 0.416 e. The Bertz CT molecular complexity index is 903. The van der Waals surface area contributed by atoms with Crippen LogP contribution in [0.25, 0.3) is 5.57 Å². The van der Waals surface area contributed by atoms with Gasteiger partial charge in [0.1, 0.15) is 0 Å². The average Bonchev–Trinajstić information content (AvgIpc) is 2.62. The molecule has 0 fully saturated rings. The number of alkyl halides is 3. The Hall–Kier alpha value is -3.06. The molecule has 1 amide bonds. The van der Waals surface area contributed by atoms with Crippen LogP contribution in [0, 0.1) is 0 Å². The highest BCUT2D eigenvalue weighted by atomic mass is 35.5. The van der Waals surface area contributed by atoms with Gasteiger partial charge in [0, 0.05) is 17.5 Å². The molecule has 140 valence electrons. The van der Waals surface area contributed by atoms with Crippen molar-refractivity contribution >= 4 is 29.4 Å². The van der Waals surface area contributed by atoms with E-state index in [2.05, 4.69) is 16.9 Å². The number of benzene rings is 2. The zero-order valence-corrected chi connectivity index (χ0v) is 14.7. The van der Waals surface area contributed by atoms with E-state index in [4.69, 9.17) is 17.3 Å². The van der Waals surface area contributed by atoms with Crippen LogP contribution >= 0.6 is 11.6 Å². The van der Waals surface area contributed by atoms with E-state index in [1.807, 2.05) is 0 Å². The molecule has 3 N–H and O–H groups in total. The summed E-state index contributed by atoms with van der Waals surface area (Å²) in [5, 5.41) is 2.82. The van der Waals surface area contributed by atoms with Crippen LogP contribution in [0.2, 0.25) is 5.02 Å². The normalized spacial score (nSPS) is 12.2. The standard InChI is InChI=1S/C19H15ClF3N3O/c1-12(26-18(27)15-4-2-3-5-17(15)20)16(10-25-11-24)13-6-8-14(9-7-13)19(21,22)23/h2-11H,1H2,(H2,24,25)(H,26,27)/b16-10+. The summed E-state index contributed by atoms with van der Waals surface area (Å²) in [7, 11) is 0. The van der Waals surface area contributed by atoms with Crippen LogP contribution in [0.3, 0.4) is 0 Å². The SMILES string of the molecule is C=C(NC(=O)c1ccccc1Cl)/C(=C\N=CN)c1ccc(C(F)(F)F)cc1. The minimum Gasteiger partial charge on any atom is -0.390 e. The van der Waals surface area contributed by atoms with Gasteiger partial charge >= 0.3 is 6.18 Å². The molecular weight excluding hydrogens is 379 g/mol. The lowest BCUT2D eigenvalue weighted by atomic mass is 10.0. The molecule has 0 saturated heterocycles. The lowest BCUT2D eigenvalue weighted by molar-refractivity contribution is -0.137. The monoisotopic (exact) mass is 393 g/mol. The fourth-order valence-corrected chi connectivity index (χ4v) is 2.42. The summed E-state index contributed by atoms with van der Waals surface area (Å²) in [6.07, 6.45) is -2.15. The van der Waals surface area contributed by atoms with Gasteiger partial charge in [0.25, 0.3) is 5.91 Å². The number of aliphatic imine (C=N–C) groups is 1. The number of rotatable bonds is 5. The topological polar surface area (TPSA) is 67.5 Å². The van der Waals surface area contributed by atoms with Crippen LogP contribution in [-0.2, 0) is 6.18 Å². The van der Waals surface area contributed by atoms with E-state index in [1.54, 1.807) is 18.2 Å². The van der Waals surface area contributed by atoms with Gasteiger partial charge in [0.05, 0.1) is 22.5 Å². The summed E-state index contributed by atoms with van der Waals surface area (Å²) in [6, 6.07) is 10.8. The first-order chi connectivity index (χ1) is 12.7. The second kappa shape index (κ2) is 8.55. The summed E-state index contributed by atoms with van der Waals surface area (Å²) >= 11 is 5.99. The summed E-state index contributed by atoms with van der Waals surface area (Å²) in [5.41, 5.74) is 5.47. The van der Waals surface area contributed by atoms with Crippen LogP contribution < -0.4 is 11.1 Å². The number of carbonyl (C=O) groups is 1. The van der Waals surface area contributed by atoms with Crippen LogP contribution in [0.4, 0.5) is 13.2 Å². The lowest BCUT2D eigenvalue weighted by Gasteiger charge is -2.14. The molecule has 8 heteroatoms. The summed E-state index contributed by atoms with van der Waals surface area (Å²) in [5.74, 6) is -0.514. The van der Waals surface area contributed by atoms with E-state index < -0.39 is 17.6 Å². The summed E-state index contributed by atoms with van der Waals surface area (Å²) in [6.45, 7) is 3.77. The number of hydrogen-bond acceptors (Lipinski definition) is 2. The number of halogens is 4. The Kier molecular flexibility index (Phi) is 6.41. The maximum atomic E-state index is 12.7. The smallest absolute Gasteiger partial charge is 0.390 e. The van der Waals surface area contributed by atoms with Crippen molar-refractivity contribution in [2.45, 2.75) is 6.18 Å². The Morgan fingerprint density at radius 1 is 1.15 bits per heavy atom. The molecular formula is C19H15ClF3N3O. The highest BCUT2D eigenvalue weighted by Crippen LogP contribution is 2.31. The van der Waals surface area contributed by atoms with Crippen molar-refractivity contribution in [2.24, 2.45) is 10.7 Å². The van der Waals surface area contributed by atoms with Gasteiger partial charge in [-0.1, -0.05) is 42.4 Å². The van der Waals surface area contributed by atoms with E-state index in [0.29, 0.717) is 11.1 Å². The average molecular weight is 394 g/mol. The van der Waals surface area contributed by atoms with Gasteiger partial charge in [-0.25, -0.2) is 4.99 Å². The highest BCUT2D eigenvalue weighted by molar-refractivity contribution is 6.33. The van der Waals surface area contributed by atoms with Crippen molar-refractivity contribution < 1.29 is 18.0 Å². The second-order valence-corrected chi connectivity index (χ2v) is 5.74. The molecule has 4 nitrogen and oxygen atoms in total. The number of nitrogens with one attached hydrogen (secondary N) is 1. The van der Waals surface area contributed by atoms with Gasteiger partial charge in [-0.3, -0.25) is 4.79 Å². The van der Waals surface area contributed by atoms with E-state index in [0.717, 1.165) is 18.5 Å². The Morgan fingerprint density at radius 2 is 1.78 bits per heavy atom. The van der Waals surface area contributed by atoms with Gasteiger partial charge in [0.15, 0.2) is 0 Å². The minimum atomic E-state index is -4.45. The van der Waals surface area contributed by atoms with Crippen molar-refractivity contribution in [3.8, 4) is 0 Å².